The van der Waals surface area contributed by atoms with E-state index < -0.39 is 28.7 Å². The number of carbonyl (C=O) groups excluding carboxylic acids is 1. The van der Waals surface area contributed by atoms with Crippen LogP contribution in [0.2, 0.25) is 0 Å². The molecule has 2 heterocycles. The van der Waals surface area contributed by atoms with Crippen LogP contribution in [0.1, 0.15) is 44.4 Å². The Balaban J connectivity index is 1.95. The van der Waals surface area contributed by atoms with Crippen LogP contribution >= 0.6 is 0 Å². The Morgan fingerprint density at radius 2 is 1.97 bits per heavy atom. The molecule has 7 heteroatoms. The molecule has 3 aromatic rings. The van der Waals surface area contributed by atoms with E-state index in [1.165, 1.54) is 6.92 Å². The van der Waals surface area contributed by atoms with Crippen molar-refractivity contribution >= 4 is 27.7 Å². The van der Waals surface area contributed by atoms with Crippen molar-refractivity contribution < 1.29 is 28.9 Å². The van der Waals surface area contributed by atoms with Crippen molar-refractivity contribution in [1.29, 1.82) is 0 Å². The second-order valence-corrected chi connectivity index (χ2v) is 8.28. The lowest BCUT2D eigenvalue weighted by atomic mass is 9.75. The number of Topliss-reactive ketones (excluding diaryl/α,β-unsaturated/α-hetero) is 1. The quantitative estimate of drug-likeness (QED) is 0.609. The minimum atomic E-state index is -1.70. The molecule has 1 aromatic heterocycles. The van der Waals surface area contributed by atoms with Crippen LogP contribution in [0.3, 0.4) is 0 Å². The number of aromatic hydroxyl groups is 1. The minimum absolute atomic E-state index is 0.0257. The van der Waals surface area contributed by atoms with Crippen molar-refractivity contribution in [2.75, 3.05) is 0 Å². The van der Waals surface area contributed by atoms with Gasteiger partial charge in [-0.05, 0) is 19.1 Å². The summed E-state index contributed by atoms with van der Waals surface area (Å²) in [7, 11) is 0. The van der Waals surface area contributed by atoms with Crippen LogP contribution in [0.15, 0.2) is 33.5 Å². The first-order chi connectivity index (χ1) is 13.6. The van der Waals surface area contributed by atoms with Gasteiger partial charge in [0.25, 0.3) is 0 Å². The van der Waals surface area contributed by atoms with Crippen molar-refractivity contribution in [1.82, 2.24) is 0 Å². The number of para-hydroxylation sites is 1. The van der Waals surface area contributed by atoms with Gasteiger partial charge in [-0.2, -0.15) is 0 Å². The number of phenols is 1. The lowest BCUT2D eigenvalue weighted by Gasteiger charge is -2.44. The number of hydrogen-bond acceptors (Lipinski definition) is 7. The molecule has 0 fully saturated rings. The molecule has 2 aliphatic rings. The molecule has 2 aromatic carbocycles. The number of rotatable bonds is 1. The van der Waals surface area contributed by atoms with Crippen molar-refractivity contribution in [3.63, 3.8) is 0 Å². The van der Waals surface area contributed by atoms with Gasteiger partial charge in [-0.3, -0.25) is 9.59 Å². The molecule has 1 aliphatic heterocycles. The maximum absolute atomic E-state index is 13.2. The molecule has 0 saturated heterocycles. The average Bonchev–Trinajstić information content (AvgIpc) is 2.64. The van der Waals surface area contributed by atoms with E-state index in [4.69, 9.17) is 13.9 Å². The second kappa shape index (κ2) is 5.58. The molecule has 0 bridgehead atoms. The molecule has 0 amide bonds. The highest BCUT2D eigenvalue weighted by Gasteiger charge is 2.50. The Bertz CT molecular complexity index is 1270. The van der Waals surface area contributed by atoms with Crippen molar-refractivity contribution in [2.45, 2.75) is 51.1 Å². The predicted octanol–water partition coefficient (Wildman–Crippen LogP) is 3.10. The van der Waals surface area contributed by atoms with Gasteiger partial charge in [0.05, 0.1) is 11.5 Å². The third-order valence-corrected chi connectivity index (χ3v) is 5.84. The SMILES string of the molecule is CC(=O)[C@@]1(O)Cc2c3c(c4oc5ccccc5c(=O)c4c2O)OC(C)(C)O[C@H]3C1. The molecule has 2 N–H and O–H groups in total. The Kier molecular flexibility index (Phi) is 3.49. The van der Waals surface area contributed by atoms with Gasteiger partial charge < -0.3 is 24.1 Å². The third-order valence-electron chi connectivity index (χ3n) is 5.84. The summed E-state index contributed by atoms with van der Waals surface area (Å²) < 4.78 is 18.0. The molecular formula is C22H20O7. The summed E-state index contributed by atoms with van der Waals surface area (Å²) in [5.41, 5.74) is -0.802. The fraction of sp³-hybridized carbons (Fsp3) is 0.364. The Morgan fingerprint density at radius 1 is 1.24 bits per heavy atom. The first kappa shape index (κ1) is 18.1. The number of ether oxygens (including phenoxy) is 2. The lowest BCUT2D eigenvalue weighted by Crippen LogP contribution is -2.48. The Morgan fingerprint density at radius 3 is 2.69 bits per heavy atom. The van der Waals surface area contributed by atoms with Crippen LogP contribution in [0.25, 0.3) is 21.9 Å². The number of phenolic OH excluding ortho intramolecular Hbond substituents is 1. The number of benzene rings is 2. The van der Waals surface area contributed by atoms with Gasteiger partial charge in [-0.15, -0.1) is 0 Å². The summed E-state index contributed by atoms with van der Waals surface area (Å²) in [5.74, 6) is -1.52. The van der Waals surface area contributed by atoms with E-state index in [-0.39, 0.29) is 35.1 Å². The predicted molar refractivity (Wildman–Crippen MR) is 104 cm³/mol. The number of aliphatic hydroxyl groups is 1. The van der Waals surface area contributed by atoms with E-state index in [0.29, 0.717) is 22.3 Å². The Labute approximate surface area is 165 Å². The molecule has 150 valence electrons. The normalized spacial score (nSPS) is 24.9. The third kappa shape index (κ3) is 2.44. The molecule has 1 aliphatic carbocycles. The topological polar surface area (TPSA) is 106 Å². The summed E-state index contributed by atoms with van der Waals surface area (Å²) in [5, 5.41) is 22.3. The number of ketones is 1. The molecule has 0 saturated carbocycles. The number of fused-ring (bicyclic) bond motifs is 3. The summed E-state index contributed by atoms with van der Waals surface area (Å²) >= 11 is 0. The zero-order chi connectivity index (χ0) is 20.7. The van der Waals surface area contributed by atoms with Crippen LogP contribution in [0.4, 0.5) is 0 Å². The maximum Gasteiger partial charge on any atom is 0.205 e. The summed E-state index contributed by atoms with van der Waals surface area (Å²) in [6.45, 7) is 4.71. The van der Waals surface area contributed by atoms with Gasteiger partial charge >= 0.3 is 0 Å². The van der Waals surface area contributed by atoms with Gasteiger partial charge in [-0.25, -0.2) is 0 Å². The van der Waals surface area contributed by atoms with Gasteiger partial charge in [0.1, 0.15) is 22.3 Å². The van der Waals surface area contributed by atoms with E-state index in [1.54, 1.807) is 38.1 Å². The zero-order valence-electron chi connectivity index (χ0n) is 16.2. The standard InChI is InChI=1S/C22H20O7/c1-10(23)22(26)8-12-15-14(9-22)28-21(2,3)29-20(15)19-16(18(12)25)17(24)11-6-4-5-7-13(11)27-19/h4-7,14,25-26H,8-9H2,1-3H3/t14-,22+/m0/s1. The van der Waals surface area contributed by atoms with Crippen LogP contribution < -0.4 is 10.2 Å². The lowest BCUT2D eigenvalue weighted by molar-refractivity contribution is -0.221. The van der Waals surface area contributed by atoms with Crippen LogP contribution in [-0.2, 0) is 16.0 Å². The largest absolute Gasteiger partial charge is 0.507 e. The second-order valence-electron chi connectivity index (χ2n) is 8.28. The van der Waals surface area contributed by atoms with Gasteiger partial charge in [-0.1, -0.05) is 12.1 Å². The fourth-order valence-corrected chi connectivity index (χ4v) is 4.43. The van der Waals surface area contributed by atoms with Crippen molar-refractivity contribution in [3.05, 3.63) is 45.6 Å². The molecule has 29 heavy (non-hydrogen) atoms. The molecule has 0 spiro atoms. The highest BCUT2D eigenvalue weighted by atomic mass is 16.7. The maximum atomic E-state index is 13.2. The van der Waals surface area contributed by atoms with E-state index >= 15 is 0 Å². The highest BCUT2D eigenvalue weighted by Crippen LogP contribution is 2.54. The van der Waals surface area contributed by atoms with Crippen LogP contribution in [-0.4, -0.2) is 27.4 Å². The van der Waals surface area contributed by atoms with Gasteiger partial charge in [0, 0.05) is 37.8 Å². The number of hydrogen-bond donors (Lipinski definition) is 2. The summed E-state index contributed by atoms with van der Waals surface area (Å²) in [6.07, 6.45) is -0.807. The van der Waals surface area contributed by atoms with Crippen LogP contribution in [0, 0.1) is 0 Å². The fourth-order valence-electron chi connectivity index (χ4n) is 4.43. The molecular weight excluding hydrogens is 376 g/mol. The monoisotopic (exact) mass is 396 g/mol. The first-order valence-electron chi connectivity index (χ1n) is 9.45. The van der Waals surface area contributed by atoms with Gasteiger partial charge in [0.15, 0.2) is 17.1 Å². The van der Waals surface area contributed by atoms with E-state index in [0.717, 1.165) is 0 Å². The molecule has 0 unspecified atom stereocenters. The summed E-state index contributed by atoms with van der Waals surface area (Å²) in [4.78, 5) is 25.4. The average molecular weight is 396 g/mol. The van der Waals surface area contributed by atoms with Gasteiger partial charge in [0.2, 0.25) is 11.2 Å². The molecule has 2 atom stereocenters. The van der Waals surface area contributed by atoms with E-state index in [9.17, 15) is 19.8 Å². The first-order valence-corrected chi connectivity index (χ1v) is 9.45. The Hall–Kier alpha value is -2.90. The van der Waals surface area contributed by atoms with Crippen molar-refractivity contribution in [3.8, 4) is 11.5 Å². The summed E-state index contributed by atoms with van der Waals surface area (Å²) in [6, 6.07) is 6.76. The molecule has 7 nitrogen and oxygen atoms in total. The van der Waals surface area contributed by atoms with E-state index in [2.05, 4.69) is 0 Å². The van der Waals surface area contributed by atoms with E-state index in [1.807, 2.05) is 0 Å². The molecule has 5 rings (SSSR count). The number of carbonyl (C=O) groups is 1. The smallest absolute Gasteiger partial charge is 0.205 e. The minimum Gasteiger partial charge on any atom is -0.507 e. The highest BCUT2D eigenvalue weighted by molar-refractivity contribution is 5.98. The molecule has 0 radical (unpaired) electrons. The zero-order valence-corrected chi connectivity index (χ0v) is 16.2. The van der Waals surface area contributed by atoms with Crippen molar-refractivity contribution in [2.24, 2.45) is 0 Å². The van der Waals surface area contributed by atoms with Crippen LogP contribution in [0.5, 0.6) is 11.5 Å².